The lowest BCUT2D eigenvalue weighted by atomic mass is 9.94. The summed E-state index contributed by atoms with van der Waals surface area (Å²) in [6, 6.07) is 0. The van der Waals surface area contributed by atoms with E-state index >= 15 is 0 Å². The fourth-order valence-corrected chi connectivity index (χ4v) is 2.52. The van der Waals surface area contributed by atoms with Gasteiger partial charge in [-0.2, -0.15) is 0 Å². The molecule has 0 heterocycles. The van der Waals surface area contributed by atoms with Crippen LogP contribution in [0.25, 0.3) is 0 Å². The number of carbonyl (C=O) groups excluding carboxylic acids is 3. The van der Waals surface area contributed by atoms with Crippen LogP contribution in [0.1, 0.15) is 81.1 Å². The highest BCUT2D eigenvalue weighted by Crippen LogP contribution is 2.19. The smallest absolute Gasteiger partial charge is 0.228 e. The van der Waals surface area contributed by atoms with Gasteiger partial charge in [0, 0.05) is 30.3 Å². The molecule has 1 N–H and O–H groups in total. The maximum Gasteiger partial charge on any atom is 0.228 e. The second kappa shape index (κ2) is 10.7. The number of carbonyl (C=O) groups is 3. The zero-order valence-electron chi connectivity index (χ0n) is 18.2. The zero-order valence-corrected chi connectivity index (χ0v) is 18.2. The minimum atomic E-state index is -0.472. The van der Waals surface area contributed by atoms with Crippen molar-refractivity contribution in [3.8, 4) is 0 Å². The lowest BCUT2D eigenvalue weighted by Crippen LogP contribution is -2.44. The largest absolute Gasteiger partial charge is 0.356 e. The minimum Gasteiger partial charge on any atom is -0.356 e. The quantitative estimate of drug-likeness (QED) is 0.596. The van der Waals surface area contributed by atoms with Crippen LogP contribution in [-0.4, -0.2) is 42.1 Å². The van der Waals surface area contributed by atoms with Crippen LogP contribution in [0.3, 0.4) is 0 Å². The Morgan fingerprint density at radius 3 is 1.92 bits per heavy atom. The molecule has 0 aliphatic rings. The summed E-state index contributed by atoms with van der Waals surface area (Å²) in [6.45, 7) is 16.9. The first-order chi connectivity index (χ1) is 11.7. The first-order valence-electron chi connectivity index (χ1n) is 9.84. The lowest BCUT2D eigenvalue weighted by Gasteiger charge is -2.30. The highest BCUT2D eigenvalue weighted by molar-refractivity contribution is 5.88. The molecule has 0 aliphatic carbocycles. The SMILES string of the molecule is CC(C)CN(CC(=O)CCCCCNC(=O)C(C)(C)C)C(=O)C(C)(C)C. The predicted octanol–water partition coefficient (Wildman–Crippen LogP) is 3.81. The molecule has 0 rings (SSSR count). The van der Waals surface area contributed by atoms with Crippen molar-refractivity contribution in [2.75, 3.05) is 19.6 Å². The van der Waals surface area contributed by atoms with E-state index in [1.807, 2.05) is 41.5 Å². The second-order valence-corrected chi connectivity index (χ2v) is 9.68. The van der Waals surface area contributed by atoms with Gasteiger partial charge in [0.2, 0.25) is 11.8 Å². The Morgan fingerprint density at radius 1 is 0.885 bits per heavy atom. The van der Waals surface area contributed by atoms with Crippen molar-refractivity contribution in [1.82, 2.24) is 10.2 Å². The third-order valence-electron chi connectivity index (χ3n) is 3.98. The van der Waals surface area contributed by atoms with Crippen molar-refractivity contribution in [3.63, 3.8) is 0 Å². The number of nitrogens with one attached hydrogen (secondary N) is 1. The van der Waals surface area contributed by atoms with Gasteiger partial charge in [0.25, 0.3) is 0 Å². The molecule has 0 bridgehead atoms. The summed E-state index contributed by atoms with van der Waals surface area (Å²) in [6.07, 6.45) is 3.04. The molecule has 0 aromatic carbocycles. The molecule has 152 valence electrons. The zero-order chi connectivity index (χ0) is 20.5. The molecule has 0 radical (unpaired) electrons. The maximum atomic E-state index is 12.5. The number of rotatable bonds is 10. The van der Waals surface area contributed by atoms with E-state index in [1.165, 1.54) is 0 Å². The van der Waals surface area contributed by atoms with Gasteiger partial charge in [-0.3, -0.25) is 14.4 Å². The van der Waals surface area contributed by atoms with Crippen molar-refractivity contribution in [3.05, 3.63) is 0 Å². The van der Waals surface area contributed by atoms with Gasteiger partial charge in [-0.15, -0.1) is 0 Å². The van der Waals surface area contributed by atoms with Gasteiger partial charge in [0.05, 0.1) is 6.54 Å². The van der Waals surface area contributed by atoms with E-state index in [-0.39, 0.29) is 29.6 Å². The number of amides is 2. The van der Waals surface area contributed by atoms with Gasteiger partial charge in [-0.1, -0.05) is 61.8 Å². The molecule has 0 saturated heterocycles. The third-order valence-corrected chi connectivity index (χ3v) is 3.98. The number of unbranched alkanes of at least 4 members (excludes halogenated alkanes) is 2. The number of hydrogen-bond acceptors (Lipinski definition) is 3. The molecular weight excluding hydrogens is 328 g/mol. The fraction of sp³-hybridized carbons (Fsp3) is 0.857. The molecule has 0 aromatic heterocycles. The van der Waals surface area contributed by atoms with Crippen LogP contribution in [0.5, 0.6) is 0 Å². The van der Waals surface area contributed by atoms with E-state index < -0.39 is 5.41 Å². The number of Topliss-reactive ketones (excluding diaryl/α,β-unsaturated/α-hetero) is 1. The molecule has 26 heavy (non-hydrogen) atoms. The van der Waals surface area contributed by atoms with E-state index in [0.717, 1.165) is 19.3 Å². The monoisotopic (exact) mass is 368 g/mol. The van der Waals surface area contributed by atoms with Gasteiger partial charge in [-0.05, 0) is 18.8 Å². The first-order valence-corrected chi connectivity index (χ1v) is 9.84. The van der Waals surface area contributed by atoms with E-state index in [9.17, 15) is 14.4 Å². The van der Waals surface area contributed by atoms with Crippen LogP contribution >= 0.6 is 0 Å². The number of nitrogens with zero attached hydrogens (tertiary/aromatic N) is 1. The van der Waals surface area contributed by atoms with Crippen molar-refractivity contribution in [2.45, 2.75) is 81.1 Å². The summed E-state index contributed by atoms with van der Waals surface area (Å²) in [5.41, 5.74) is -0.837. The van der Waals surface area contributed by atoms with E-state index in [1.54, 1.807) is 4.90 Å². The highest BCUT2D eigenvalue weighted by atomic mass is 16.2. The van der Waals surface area contributed by atoms with Gasteiger partial charge in [0.1, 0.15) is 0 Å². The van der Waals surface area contributed by atoms with Gasteiger partial charge in [0.15, 0.2) is 5.78 Å². The molecule has 5 heteroatoms. The predicted molar refractivity (Wildman–Crippen MR) is 107 cm³/mol. The molecule has 2 amide bonds. The molecule has 0 spiro atoms. The Morgan fingerprint density at radius 2 is 1.46 bits per heavy atom. The van der Waals surface area contributed by atoms with E-state index in [0.29, 0.717) is 25.4 Å². The van der Waals surface area contributed by atoms with Crippen molar-refractivity contribution in [2.24, 2.45) is 16.7 Å². The summed E-state index contributed by atoms with van der Waals surface area (Å²) in [5.74, 6) is 0.533. The van der Waals surface area contributed by atoms with Gasteiger partial charge < -0.3 is 10.2 Å². The Balaban J connectivity index is 4.21. The normalized spacial score (nSPS) is 12.2. The lowest BCUT2D eigenvalue weighted by molar-refractivity contribution is -0.142. The molecule has 0 atom stereocenters. The van der Waals surface area contributed by atoms with Crippen LogP contribution in [-0.2, 0) is 14.4 Å². The van der Waals surface area contributed by atoms with Crippen LogP contribution in [0.4, 0.5) is 0 Å². The van der Waals surface area contributed by atoms with Crippen molar-refractivity contribution >= 4 is 17.6 Å². The highest BCUT2D eigenvalue weighted by Gasteiger charge is 2.28. The second-order valence-electron chi connectivity index (χ2n) is 9.68. The molecule has 5 nitrogen and oxygen atoms in total. The minimum absolute atomic E-state index is 0.0319. The number of hydrogen-bond donors (Lipinski definition) is 1. The molecule has 0 aromatic rings. The molecule has 0 unspecified atom stereocenters. The van der Waals surface area contributed by atoms with Crippen LogP contribution in [0.2, 0.25) is 0 Å². The maximum absolute atomic E-state index is 12.5. The first kappa shape index (κ1) is 24.6. The van der Waals surface area contributed by atoms with Crippen molar-refractivity contribution < 1.29 is 14.4 Å². The topological polar surface area (TPSA) is 66.5 Å². The van der Waals surface area contributed by atoms with Crippen molar-refractivity contribution in [1.29, 1.82) is 0 Å². The molecule has 0 fully saturated rings. The van der Waals surface area contributed by atoms with E-state index in [2.05, 4.69) is 19.2 Å². The summed E-state index contributed by atoms with van der Waals surface area (Å²) in [4.78, 5) is 38.3. The standard InChI is InChI=1S/C21H40N2O3/c1-16(2)14-23(19(26)21(6,7)8)15-17(24)12-10-9-11-13-22-18(25)20(3,4)5/h16H,9-15H2,1-8H3,(H,22,25). The van der Waals surface area contributed by atoms with Crippen LogP contribution in [0.15, 0.2) is 0 Å². The Kier molecular flexibility index (Phi) is 10.1. The van der Waals surface area contributed by atoms with Crippen LogP contribution < -0.4 is 5.32 Å². The Bertz CT molecular complexity index is 471. The summed E-state index contributed by atoms with van der Waals surface area (Å²) in [5, 5.41) is 2.92. The fourth-order valence-electron chi connectivity index (χ4n) is 2.52. The third kappa shape index (κ3) is 10.6. The average Bonchev–Trinajstić information content (AvgIpc) is 2.46. The molecular formula is C21H40N2O3. The van der Waals surface area contributed by atoms with Crippen LogP contribution in [0, 0.1) is 16.7 Å². The van der Waals surface area contributed by atoms with E-state index in [4.69, 9.17) is 0 Å². The summed E-state index contributed by atoms with van der Waals surface area (Å²) in [7, 11) is 0. The van der Waals surface area contributed by atoms with Gasteiger partial charge >= 0.3 is 0 Å². The Labute approximate surface area is 160 Å². The summed E-state index contributed by atoms with van der Waals surface area (Å²) < 4.78 is 0. The average molecular weight is 369 g/mol. The number of ketones is 1. The molecule has 0 aliphatic heterocycles. The summed E-state index contributed by atoms with van der Waals surface area (Å²) >= 11 is 0. The van der Waals surface area contributed by atoms with Gasteiger partial charge in [-0.25, -0.2) is 0 Å². The Hall–Kier alpha value is -1.39. The molecule has 0 saturated carbocycles.